The van der Waals surface area contributed by atoms with Gasteiger partial charge in [0.25, 0.3) is 5.56 Å². The van der Waals surface area contributed by atoms with Gasteiger partial charge in [-0.1, -0.05) is 29.8 Å². The van der Waals surface area contributed by atoms with Gasteiger partial charge < -0.3 is 9.88 Å². The first-order valence-corrected chi connectivity index (χ1v) is 10.9. The van der Waals surface area contributed by atoms with Crippen LogP contribution >= 0.6 is 34.3 Å². The Kier molecular flexibility index (Phi) is 5.41. The Morgan fingerprint density at radius 1 is 1.15 bits per heavy atom. The topological polar surface area (TPSA) is 50.2 Å². The number of rotatable bonds is 6. The van der Waals surface area contributed by atoms with Gasteiger partial charge in [0.05, 0.1) is 16.8 Å². The predicted octanol–water partition coefficient (Wildman–Crippen LogP) is 3.97. The first kappa shape index (κ1) is 18.4. The zero-order chi connectivity index (χ0) is 18.8. The number of H-pyrrole nitrogens is 1. The van der Waals surface area contributed by atoms with Crippen molar-refractivity contribution in [2.75, 3.05) is 6.54 Å². The fourth-order valence-corrected chi connectivity index (χ4v) is 5.00. The lowest BCUT2D eigenvalue weighted by atomic mass is 10.1. The molecule has 0 radical (unpaired) electrons. The van der Waals surface area contributed by atoms with Crippen LogP contribution in [0.4, 0.5) is 0 Å². The monoisotopic (exact) mass is 416 g/mol. The molecule has 1 unspecified atom stereocenters. The number of aromatic nitrogens is 2. The second kappa shape index (κ2) is 7.94. The molecule has 1 atom stereocenters. The van der Waals surface area contributed by atoms with Crippen LogP contribution in [0.5, 0.6) is 0 Å². The number of hydrogen-bond acceptors (Lipinski definition) is 4. The van der Waals surface area contributed by atoms with Gasteiger partial charge in [-0.25, -0.2) is 4.98 Å². The van der Waals surface area contributed by atoms with E-state index in [1.807, 2.05) is 29.6 Å². The van der Waals surface area contributed by atoms with Gasteiger partial charge in [-0.3, -0.25) is 4.79 Å². The van der Waals surface area contributed by atoms with Gasteiger partial charge in [-0.05, 0) is 36.1 Å². The van der Waals surface area contributed by atoms with E-state index in [2.05, 4.69) is 29.4 Å². The summed E-state index contributed by atoms with van der Waals surface area (Å²) in [6.07, 6.45) is 0. The van der Waals surface area contributed by atoms with Crippen LogP contribution in [0.1, 0.15) is 17.6 Å². The second-order valence-electron chi connectivity index (χ2n) is 6.39. The van der Waals surface area contributed by atoms with Crippen molar-refractivity contribution in [3.05, 3.63) is 73.2 Å². The Morgan fingerprint density at radius 2 is 1.96 bits per heavy atom. The van der Waals surface area contributed by atoms with E-state index in [0.717, 1.165) is 34.9 Å². The number of thiophene rings is 2. The number of nitrogens with one attached hydrogen (secondary N) is 2. The molecular formula is C20H19ClN3OS2+. The fraction of sp³-hybridized carbons (Fsp3) is 0.200. The van der Waals surface area contributed by atoms with Crippen molar-refractivity contribution in [3.63, 3.8) is 0 Å². The highest BCUT2D eigenvalue weighted by molar-refractivity contribution is 7.17. The summed E-state index contributed by atoms with van der Waals surface area (Å²) in [5, 5.41) is 5.43. The predicted molar refractivity (Wildman–Crippen MR) is 114 cm³/mol. The van der Waals surface area contributed by atoms with Crippen molar-refractivity contribution >= 4 is 44.5 Å². The minimum absolute atomic E-state index is 0.0761. The van der Waals surface area contributed by atoms with E-state index in [4.69, 9.17) is 16.6 Å². The second-order valence-corrected chi connectivity index (χ2v) is 8.71. The zero-order valence-corrected chi connectivity index (χ0v) is 17.2. The molecule has 4 rings (SSSR count). The summed E-state index contributed by atoms with van der Waals surface area (Å²) >= 11 is 9.25. The average molecular weight is 417 g/mol. The number of hydrogen-bond donors (Lipinski definition) is 2. The first-order valence-electron chi connectivity index (χ1n) is 8.76. The number of nitrogens with zero attached hydrogens (tertiary/aromatic N) is 1. The summed E-state index contributed by atoms with van der Waals surface area (Å²) < 4.78 is 0. The third-order valence-electron chi connectivity index (χ3n) is 4.57. The molecule has 138 valence electrons. The molecule has 0 saturated heterocycles. The normalized spacial score (nSPS) is 12.5. The molecule has 0 fully saturated rings. The van der Waals surface area contributed by atoms with Gasteiger partial charge in [0.1, 0.15) is 17.9 Å². The SMILES string of the molecule is CC[NH+](Cc1nc2scc(-c3ccc(Cl)cc3)c2c(=O)[nH]1)Cc1cccs1. The maximum atomic E-state index is 12.8. The van der Waals surface area contributed by atoms with Crippen molar-refractivity contribution < 1.29 is 4.90 Å². The molecule has 3 heterocycles. The van der Waals surface area contributed by atoms with E-state index in [0.29, 0.717) is 17.0 Å². The quantitative estimate of drug-likeness (QED) is 0.499. The summed E-state index contributed by atoms with van der Waals surface area (Å²) in [7, 11) is 0. The molecule has 7 heteroatoms. The number of halogens is 1. The van der Waals surface area contributed by atoms with Crippen molar-refractivity contribution in [2.45, 2.75) is 20.0 Å². The van der Waals surface area contributed by atoms with Gasteiger partial charge in [0.2, 0.25) is 0 Å². The Morgan fingerprint density at radius 3 is 2.67 bits per heavy atom. The number of aromatic amines is 1. The Labute approximate surface area is 170 Å². The summed E-state index contributed by atoms with van der Waals surface area (Å²) in [6, 6.07) is 11.8. The van der Waals surface area contributed by atoms with Gasteiger partial charge in [0, 0.05) is 16.0 Å². The third kappa shape index (κ3) is 3.99. The minimum Gasteiger partial charge on any atom is -0.324 e. The van der Waals surface area contributed by atoms with Crippen LogP contribution in [0.3, 0.4) is 0 Å². The van der Waals surface area contributed by atoms with Crippen molar-refractivity contribution in [1.82, 2.24) is 9.97 Å². The number of benzene rings is 1. The van der Waals surface area contributed by atoms with E-state index in [1.165, 1.54) is 21.1 Å². The van der Waals surface area contributed by atoms with E-state index in [9.17, 15) is 4.79 Å². The molecule has 4 aromatic rings. The number of quaternary nitrogens is 1. The van der Waals surface area contributed by atoms with Crippen molar-refractivity contribution in [1.29, 1.82) is 0 Å². The molecule has 27 heavy (non-hydrogen) atoms. The largest absolute Gasteiger partial charge is 0.324 e. The molecule has 2 N–H and O–H groups in total. The van der Waals surface area contributed by atoms with Gasteiger partial charge in [-0.15, -0.1) is 22.7 Å². The highest BCUT2D eigenvalue weighted by atomic mass is 35.5. The lowest BCUT2D eigenvalue weighted by molar-refractivity contribution is -0.926. The van der Waals surface area contributed by atoms with E-state index in [1.54, 1.807) is 11.3 Å². The Hall–Kier alpha value is -1.99. The van der Waals surface area contributed by atoms with Crippen LogP contribution < -0.4 is 10.5 Å². The maximum absolute atomic E-state index is 12.8. The molecule has 1 aromatic carbocycles. The summed E-state index contributed by atoms with van der Waals surface area (Å²) in [5.74, 6) is 0.741. The van der Waals surface area contributed by atoms with Crippen LogP contribution in [0.25, 0.3) is 21.3 Å². The molecule has 3 aromatic heterocycles. The van der Waals surface area contributed by atoms with Crippen molar-refractivity contribution in [2.24, 2.45) is 0 Å². The van der Waals surface area contributed by atoms with E-state index >= 15 is 0 Å². The summed E-state index contributed by atoms with van der Waals surface area (Å²) in [5.41, 5.74) is 1.81. The average Bonchev–Trinajstić information content (AvgIpc) is 3.32. The first-order chi connectivity index (χ1) is 13.1. The minimum atomic E-state index is -0.0761. The third-order valence-corrected chi connectivity index (χ3v) is 6.57. The lowest BCUT2D eigenvalue weighted by Crippen LogP contribution is -3.09. The maximum Gasteiger partial charge on any atom is 0.260 e. The van der Waals surface area contributed by atoms with E-state index < -0.39 is 0 Å². The lowest BCUT2D eigenvalue weighted by Gasteiger charge is -2.16. The van der Waals surface area contributed by atoms with Crippen LogP contribution in [0.2, 0.25) is 5.02 Å². The highest BCUT2D eigenvalue weighted by Crippen LogP contribution is 2.31. The van der Waals surface area contributed by atoms with Gasteiger partial charge in [0.15, 0.2) is 5.82 Å². The molecule has 4 nitrogen and oxygen atoms in total. The molecule has 0 bridgehead atoms. The van der Waals surface area contributed by atoms with Gasteiger partial charge >= 0.3 is 0 Å². The van der Waals surface area contributed by atoms with Crippen LogP contribution in [0.15, 0.2) is 52.0 Å². The van der Waals surface area contributed by atoms with Crippen LogP contribution in [-0.2, 0) is 13.1 Å². The molecule has 0 aliphatic carbocycles. The smallest absolute Gasteiger partial charge is 0.260 e. The Balaban J connectivity index is 1.64. The van der Waals surface area contributed by atoms with Crippen LogP contribution in [0, 0.1) is 0 Å². The van der Waals surface area contributed by atoms with Crippen molar-refractivity contribution in [3.8, 4) is 11.1 Å². The van der Waals surface area contributed by atoms with Gasteiger partial charge in [-0.2, -0.15) is 0 Å². The zero-order valence-electron chi connectivity index (χ0n) is 14.8. The number of fused-ring (bicyclic) bond motifs is 1. The molecule has 0 aliphatic heterocycles. The standard InChI is InChI=1S/C20H18ClN3OS2/c1-2-24(10-15-4-3-9-26-15)11-17-22-19(25)18-16(12-27-20(18)23-17)13-5-7-14(21)8-6-13/h3-9,12H,2,10-11H2,1H3,(H,22,23,25)/p+1. The van der Waals surface area contributed by atoms with E-state index in [-0.39, 0.29) is 5.56 Å². The fourth-order valence-electron chi connectivity index (χ4n) is 3.13. The molecule has 0 aliphatic rings. The summed E-state index contributed by atoms with van der Waals surface area (Å²) in [4.78, 5) is 24.0. The molecular weight excluding hydrogens is 398 g/mol. The molecule has 0 spiro atoms. The van der Waals surface area contributed by atoms with Crippen LogP contribution in [-0.4, -0.2) is 16.5 Å². The molecule has 0 amide bonds. The Bertz CT molecular complexity index is 1100. The summed E-state index contributed by atoms with van der Waals surface area (Å²) in [6.45, 7) is 4.77. The molecule has 0 saturated carbocycles. The highest BCUT2D eigenvalue weighted by Gasteiger charge is 2.16.